The van der Waals surface area contributed by atoms with Crippen LogP contribution in [0.2, 0.25) is 0 Å². The second-order valence-corrected chi connectivity index (χ2v) is 4.13. The molecule has 1 unspecified atom stereocenters. The molecule has 0 spiro atoms. The lowest BCUT2D eigenvalue weighted by molar-refractivity contribution is -0.274. The molecule has 0 fully saturated rings. The van der Waals surface area contributed by atoms with E-state index in [-0.39, 0.29) is 5.75 Å². The van der Waals surface area contributed by atoms with Gasteiger partial charge in [-0.3, -0.25) is 0 Å². The molecule has 100 valence electrons. The molecular formula is C13H15F3O2. The minimum Gasteiger partial charge on any atom is -0.406 e. The molecule has 0 saturated carbocycles. The Hall–Kier alpha value is -1.49. The van der Waals surface area contributed by atoms with E-state index in [1.54, 1.807) is 0 Å². The van der Waals surface area contributed by atoms with Gasteiger partial charge >= 0.3 is 6.36 Å². The molecule has 0 saturated heterocycles. The van der Waals surface area contributed by atoms with Crippen molar-refractivity contribution >= 4 is 0 Å². The zero-order chi connectivity index (χ0) is 13.8. The van der Waals surface area contributed by atoms with Crippen molar-refractivity contribution in [2.75, 3.05) is 0 Å². The van der Waals surface area contributed by atoms with Crippen LogP contribution in [0.5, 0.6) is 5.75 Å². The Morgan fingerprint density at radius 1 is 1.33 bits per heavy atom. The normalized spacial score (nSPS) is 13.2. The first-order valence-electron chi connectivity index (χ1n) is 5.46. The van der Waals surface area contributed by atoms with Crippen LogP contribution in [0.1, 0.15) is 31.4 Å². The lowest BCUT2D eigenvalue weighted by Crippen LogP contribution is -2.17. The molecule has 1 aromatic rings. The van der Waals surface area contributed by atoms with Gasteiger partial charge in [0.1, 0.15) is 5.75 Å². The number of alkyl halides is 3. The van der Waals surface area contributed by atoms with Gasteiger partial charge in [-0.05, 0) is 37.5 Å². The maximum atomic E-state index is 11.9. The molecular weight excluding hydrogens is 245 g/mol. The molecule has 0 heterocycles. The van der Waals surface area contributed by atoms with Crippen molar-refractivity contribution in [3.8, 4) is 5.75 Å². The monoisotopic (exact) mass is 260 g/mol. The van der Waals surface area contributed by atoms with E-state index in [0.29, 0.717) is 18.4 Å². The van der Waals surface area contributed by atoms with Gasteiger partial charge in [-0.2, -0.15) is 0 Å². The first-order chi connectivity index (χ1) is 8.28. The fraction of sp³-hybridized carbons (Fsp3) is 0.385. The SMILES string of the molecule is C=C(C)CCC(O)c1ccc(OC(F)(F)F)cc1. The number of aliphatic hydroxyl groups is 1. The molecule has 1 atom stereocenters. The number of ether oxygens (including phenoxy) is 1. The molecule has 0 aliphatic carbocycles. The molecule has 0 aromatic heterocycles. The summed E-state index contributed by atoms with van der Waals surface area (Å²) >= 11 is 0. The van der Waals surface area contributed by atoms with Crippen molar-refractivity contribution in [2.45, 2.75) is 32.2 Å². The van der Waals surface area contributed by atoms with E-state index in [1.165, 1.54) is 24.3 Å². The largest absolute Gasteiger partial charge is 0.573 e. The highest BCUT2D eigenvalue weighted by Gasteiger charge is 2.31. The third-order valence-corrected chi connectivity index (χ3v) is 2.34. The Bertz CT molecular complexity index is 396. The average Bonchev–Trinajstić information content (AvgIpc) is 2.24. The summed E-state index contributed by atoms with van der Waals surface area (Å²) in [5.41, 5.74) is 1.51. The van der Waals surface area contributed by atoms with Crippen LogP contribution in [0, 0.1) is 0 Å². The van der Waals surface area contributed by atoms with Gasteiger partial charge in [0.25, 0.3) is 0 Å². The minimum atomic E-state index is -4.69. The summed E-state index contributed by atoms with van der Waals surface area (Å²) in [6.45, 7) is 5.57. The van der Waals surface area contributed by atoms with Crippen molar-refractivity contribution < 1.29 is 23.0 Å². The smallest absolute Gasteiger partial charge is 0.406 e. The zero-order valence-corrected chi connectivity index (χ0v) is 10.00. The summed E-state index contributed by atoms with van der Waals surface area (Å²) in [7, 11) is 0. The Morgan fingerprint density at radius 3 is 2.33 bits per heavy atom. The molecule has 0 radical (unpaired) electrons. The van der Waals surface area contributed by atoms with Gasteiger partial charge in [-0.25, -0.2) is 0 Å². The Balaban J connectivity index is 2.62. The van der Waals surface area contributed by atoms with Gasteiger partial charge in [-0.15, -0.1) is 19.8 Å². The fourth-order valence-electron chi connectivity index (χ4n) is 1.44. The molecule has 2 nitrogen and oxygen atoms in total. The first-order valence-corrected chi connectivity index (χ1v) is 5.46. The maximum Gasteiger partial charge on any atom is 0.573 e. The Labute approximate surface area is 104 Å². The van der Waals surface area contributed by atoms with E-state index in [1.807, 2.05) is 6.92 Å². The maximum absolute atomic E-state index is 11.9. The number of hydrogen-bond donors (Lipinski definition) is 1. The number of allylic oxidation sites excluding steroid dienone is 1. The predicted octanol–water partition coefficient (Wildman–Crippen LogP) is 3.97. The molecule has 18 heavy (non-hydrogen) atoms. The van der Waals surface area contributed by atoms with Gasteiger partial charge in [-0.1, -0.05) is 17.7 Å². The number of hydrogen-bond acceptors (Lipinski definition) is 2. The Kier molecular flexibility index (Phi) is 4.78. The quantitative estimate of drug-likeness (QED) is 0.811. The summed E-state index contributed by atoms with van der Waals surface area (Å²) in [6.07, 6.45) is -4.24. The van der Waals surface area contributed by atoms with Crippen LogP contribution in [-0.4, -0.2) is 11.5 Å². The highest BCUT2D eigenvalue weighted by Crippen LogP contribution is 2.26. The van der Waals surface area contributed by atoms with Gasteiger partial charge in [0.2, 0.25) is 0 Å². The van der Waals surface area contributed by atoms with Crippen molar-refractivity contribution in [1.29, 1.82) is 0 Å². The summed E-state index contributed by atoms with van der Waals surface area (Å²) < 4.78 is 39.5. The molecule has 5 heteroatoms. The van der Waals surface area contributed by atoms with Crippen LogP contribution in [0.25, 0.3) is 0 Å². The third kappa shape index (κ3) is 5.23. The first kappa shape index (κ1) is 14.6. The topological polar surface area (TPSA) is 29.5 Å². The van der Waals surface area contributed by atoms with E-state index in [0.717, 1.165) is 5.57 Å². The summed E-state index contributed by atoms with van der Waals surface area (Å²) in [5, 5.41) is 9.79. The molecule has 0 aliphatic rings. The number of aliphatic hydroxyl groups excluding tert-OH is 1. The van der Waals surface area contributed by atoms with Crippen LogP contribution in [-0.2, 0) is 0 Å². The summed E-state index contributed by atoms with van der Waals surface area (Å²) in [6, 6.07) is 5.22. The molecule has 0 bridgehead atoms. The van der Waals surface area contributed by atoms with E-state index < -0.39 is 12.5 Å². The van der Waals surface area contributed by atoms with Crippen molar-refractivity contribution in [2.24, 2.45) is 0 Å². The number of rotatable bonds is 5. The van der Waals surface area contributed by atoms with E-state index in [9.17, 15) is 18.3 Å². The third-order valence-electron chi connectivity index (χ3n) is 2.34. The standard InChI is InChI=1S/C13H15F3O2/c1-9(2)3-8-12(17)10-4-6-11(7-5-10)18-13(14,15)16/h4-7,12,17H,1,3,8H2,2H3. The average molecular weight is 260 g/mol. The highest BCUT2D eigenvalue weighted by atomic mass is 19.4. The number of benzene rings is 1. The second kappa shape index (κ2) is 5.91. The van der Waals surface area contributed by atoms with Gasteiger partial charge < -0.3 is 9.84 Å². The lowest BCUT2D eigenvalue weighted by atomic mass is 10.0. The summed E-state index contributed by atoms with van der Waals surface area (Å²) in [4.78, 5) is 0. The van der Waals surface area contributed by atoms with Crippen LogP contribution in [0.4, 0.5) is 13.2 Å². The summed E-state index contributed by atoms with van der Waals surface area (Å²) in [5.74, 6) is -0.293. The molecule has 1 N–H and O–H groups in total. The zero-order valence-electron chi connectivity index (χ0n) is 10.00. The van der Waals surface area contributed by atoms with Gasteiger partial charge in [0.15, 0.2) is 0 Å². The van der Waals surface area contributed by atoms with Crippen molar-refractivity contribution in [1.82, 2.24) is 0 Å². The van der Waals surface area contributed by atoms with E-state index >= 15 is 0 Å². The molecule has 1 aromatic carbocycles. The fourth-order valence-corrected chi connectivity index (χ4v) is 1.44. The van der Waals surface area contributed by atoms with Crippen LogP contribution >= 0.6 is 0 Å². The predicted molar refractivity (Wildman–Crippen MR) is 62.1 cm³/mol. The van der Waals surface area contributed by atoms with Crippen LogP contribution in [0.3, 0.4) is 0 Å². The van der Waals surface area contributed by atoms with E-state index in [2.05, 4.69) is 11.3 Å². The van der Waals surface area contributed by atoms with Crippen molar-refractivity contribution in [3.63, 3.8) is 0 Å². The molecule has 1 rings (SSSR count). The van der Waals surface area contributed by atoms with E-state index in [4.69, 9.17) is 0 Å². The second-order valence-electron chi connectivity index (χ2n) is 4.13. The minimum absolute atomic E-state index is 0.293. The van der Waals surface area contributed by atoms with Gasteiger partial charge in [0, 0.05) is 0 Å². The lowest BCUT2D eigenvalue weighted by Gasteiger charge is -2.12. The molecule has 0 aliphatic heterocycles. The van der Waals surface area contributed by atoms with Crippen LogP contribution in [0.15, 0.2) is 36.4 Å². The highest BCUT2D eigenvalue weighted by molar-refractivity contribution is 5.28. The number of halogens is 3. The molecule has 0 amide bonds. The van der Waals surface area contributed by atoms with Crippen molar-refractivity contribution in [3.05, 3.63) is 42.0 Å². The Morgan fingerprint density at radius 2 is 1.89 bits per heavy atom. The van der Waals surface area contributed by atoms with Gasteiger partial charge in [0.05, 0.1) is 6.10 Å². The van der Waals surface area contributed by atoms with Crippen LogP contribution < -0.4 is 4.74 Å².